The van der Waals surface area contributed by atoms with Gasteiger partial charge in [-0.3, -0.25) is 4.79 Å². The highest BCUT2D eigenvalue weighted by Gasteiger charge is 2.09. The molecule has 1 N–H and O–H groups in total. The maximum Gasteiger partial charge on any atom is 0.258 e. The summed E-state index contributed by atoms with van der Waals surface area (Å²) in [4.78, 5) is 12.9. The molecule has 0 aliphatic heterocycles. The zero-order chi connectivity index (χ0) is 17.5. The first-order chi connectivity index (χ1) is 12.2. The van der Waals surface area contributed by atoms with Crippen LogP contribution in [0.15, 0.2) is 52.4 Å². The van der Waals surface area contributed by atoms with Gasteiger partial charge in [-0.1, -0.05) is 11.2 Å². The third-order valence-electron chi connectivity index (χ3n) is 3.29. The van der Waals surface area contributed by atoms with Crippen LogP contribution in [0.1, 0.15) is 12.6 Å². The lowest BCUT2D eigenvalue weighted by Crippen LogP contribution is -2.28. The molecule has 7 heteroatoms. The third-order valence-corrected chi connectivity index (χ3v) is 4.18. The van der Waals surface area contributed by atoms with Crippen LogP contribution in [0.2, 0.25) is 0 Å². The van der Waals surface area contributed by atoms with E-state index >= 15 is 0 Å². The first-order valence-corrected chi connectivity index (χ1v) is 8.74. The van der Waals surface area contributed by atoms with Gasteiger partial charge in [0.15, 0.2) is 12.4 Å². The van der Waals surface area contributed by atoms with Crippen LogP contribution in [0, 0.1) is 0 Å². The summed E-state index contributed by atoms with van der Waals surface area (Å²) >= 11 is 1.57. The fourth-order valence-corrected chi connectivity index (χ4v) is 2.79. The third kappa shape index (κ3) is 4.84. The van der Waals surface area contributed by atoms with Crippen LogP contribution in [0.5, 0.6) is 11.5 Å². The molecule has 2 aromatic heterocycles. The average Bonchev–Trinajstić information content (AvgIpc) is 3.31. The molecule has 0 unspecified atom stereocenters. The molecule has 25 heavy (non-hydrogen) atoms. The Balaban J connectivity index is 1.43. The number of hydrogen-bond acceptors (Lipinski definition) is 6. The van der Waals surface area contributed by atoms with Gasteiger partial charge in [-0.25, -0.2) is 0 Å². The van der Waals surface area contributed by atoms with Crippen molar-refractivity contribution in [1.29, 1.82) is 0 Å². The number of carbonyl (C=O) groups excluding carboxylic acids is 1. The van der Waals surface area contributed by atoms with E-state index in [9.17, 15) is 4.79 Å². The Morgan fingerprint density at radius 3 is 2.64 bits per heavy atom. The second kappa shape index (κ2) is 8.34. The van der Waals surface area contributed by atoms with Gasteiger partial charge in [0.25, 0.3) is 5.91 Å². The van der Waals surface area contributed by atoms with Crippen molar-refractivity contribution in [2.75, 3.05) is 13.2 Å². The van der Waals surface area contributed by atoms with Crippen molar-refractivity contribution in [1.82, 2.24) is 10.5 Å². The number of carbonyl (C=O) groups is 1. The van der Waals surface area contributed by atoms with E-state index in [0.29, 0.717) is 30.4 Å². The fourth-order valence-electron chi connectivity index (χ4n) is 2.12. The van der Waals surface area contributed by atoms with Gasteiger partial charge in [0.1, 0.15) is 17.2 Å². The average molecular weight is 358 g/mol. The second-order valence-corrected chi connectivity index (χ2v) is 6.08. The van der Waals surface area contributed by atoms with Crippen LogP contribution in [0.25, 0.3) is 10.6 Å². The molecule has 1 aromatic carbocycles. The lowest BCUT2D eigenvalue weighted by atomic mass is 10.3. The number of benzene rings is 1. The van der Waals surface area contributed by atoms with E-state index in [4.69, 9.17) is 14.0 Å². The fraction of sp³-hybridized carbons (Fsp3) is 0.222. The van der Waals surface area contributed by atoms with E-state index < -0.39 is 0 Å². The molecule has 0 saturated heterocycles. The lowest BCUT2D eigenvalue weighted by molar-refractivity contribution is -0.123. The zero-order valence-corrected chi connectivity index (χ0v) is 14.5. The lowest BCUT2D eigenvalue weighted by Gasteiger charge is -2.07. The molecule has 0 atom stereocenters. The zero-order valence-electron chi connectivity index (χ0n) is 13.7. The Bertz CT molecular complexity index is 797. The predicted molar refractivity (Wildman–Crippen MR) is 94.8 cm³/mol. The summed E-state index contributed by atoms with van der Waals surface area (Å²) in [7, 11) is 0. The van der Waals surface area contributed by atoms with Gasteiger partial charge in [-0.15, -0.1) is 11.3 Å². The molecule has 1 amide bonds. The number of thiophene rings is 1. The van der Waals surface area contributed by atoms with Crippen LogP contribution in [-0.4, -0.2) is 24.3 Å². The number of ether oxygens (including phenoxy) is 2. The standard InChI is InChI=1S/C18H18N2O4S/c1-2-22-14-5-7-15(8-6-14)23-12-18(21)19-11-13-10-16(24-20-13)17-4-3-9-25-17/h3-10H,2,11-12H2,1H3,(H,19,21). The van der Waals surface area contributed by atoms with E-state index in [2.05, 4.69) is 10.5 Å². The van der Waals surface area contributed by atoms with Crippen molar-refractivity contribution >= 4 is 17.2 Å². The van der Waals surface area contributed by atoms with Crippen molar-refractivity contribution in [2.24, 2.45) is 0 Å². The molecule has 3 aromatic rings. The summed E-state index contributed by atoms with van der Waals surface area (Å²) < 4.78 is 16.1. The number of rotatable bonds is 8. The van der Waals surface area contributed by atoms with Gasteiger partial charge in [-0.05, 0) is 42.6 Å². The maximum atomic E-state index is 11.9. The number of hydrogen-bond donors (Lipinski definition) is 1. The quantitative estimate of drug-likeness (QED) is 0.667. The summed E-state index contributed by atoms with van der Waals surface area (Å²) in [5.41, 5.74) is 0.665. The molecule has 0 spiro atoms. The smallest absolute Gasteiger partial charge is 0.258 e. The predicted octanol–water partition coefficient (Wildman–Crippen LogP) is 3.50. The van der Waals surface area contributed by atoms with Gasteiger partial charge in [0.05, 0.1) is 18.0 Å². The molecule has 6 nitrogen and oxygen atoms in total. The first kappa shape index (κ1) is 17.0. The molecule has 0 bridgehead atoms. The minimum absolute atomic E-state index is 0.0659. The summed E-state index contributed by atoms with van der Waals surface area (Å²) in [6.07, 6.45) is 0. The Hall–Kier alpha value is -2.80. The van der Waals surface area contributed by atoms with E-state index in [0.717, 1.165) is 10.6 Å². The van der Waals surface area contributed by atoms with E-state index in [1.54, 1.807) is 35.6 Å². The summed E-state index contributed by atoms with van der Waals surface area (Å²) in [5.74, 6) is 1.85. The highest BCUT2D eigenvalue weighted by molar-refractivity contribution is 7.13. The monoisotopic (exact) mass is 358 g/mol. The Kier molecular flexibility index (Phi) is 5.69. The number of nitrogens with zero attached hydrogens (tertiary/aromatic N) is 1. The molecular weight excluding hydrogens is 340 g/mol. The number of aromatic nitrogens is 1. The van der Waals surface area contributed by atoms with E-state index in [1.165, 1.54) is 0 Å². The topological polar surface area (TPSA) is 73.6 Å². The first-order valence-electron chi connectivity index (χ1n) is 7.86. The van der Waals surface area contributed by atoms with Crippen LogP contribution in [0.3, 0.4) is 0 Å². The van der Waals surface area contributed by atoms with Crippen LogP contribution in [-0.2, 0) is 11.3 Å². The van der Waals surface area contributed by atoms with Gasteiger partial charge < -0.3 is 19.3 Å². The molecule has 3 rings (SSSR count). The second-order valence-electron chi connectivity index (χ2n) is 5.13. The molecule has 0 fully saturated rings. The largest absolute Gasteiger partial charge is 0.494 e. The van der Waals surface area contributed by atoms with Crippen molar-refractivity contribution < 1.29 is 18.8 Å². The van der Waals surface area contributed by atoms with Crippen molar-refractivity contribution in [2.45, 2.75) is 13.5 Å². The van der Waals surface area contributed by atoms with Crippen molar-refractivity contribution in [3.8, 4) is 22.1 Å². The van der Waals surface area contributed by atoms with Gasteiger partial charge >= 0.3 is 0 Å². The number of amides is 1. The maximum absolute atomic E-state index is 11.9. The molecule has 0 aliphatic rings. The van der Waals surface area contributed by atoms with Gasteiger partial charge in [0, 0.05) is 6.07 Å². The van der Waals surface area contributed by atoms with Gasteiger partial charge in [-0.2, -0.15) is 0 Å². The van der Waals surface area contributed by atoms with Crippen LogP contribution < -0.4 is 14.8 Å². The number of nitrogens with one attached hydrogen (secondary N) is 1. The summed E-state index contributed by atoms with van der Waals surface area (Å²) in [6.45, 7) is 2.76. The SMILES string of the molecule is CCOc1ccc(OCC(=O)NCc2cc(-c3cccs3)on2)cc1. The molecule has 0 aliphatic carbocycles. The van der Waals surface area contributed by atoms with Crippen molar-refractivity contribution in [3.63, 3.8) is 0 Å². The Morgan fingerprint density at radius 1 is 1.20 bits per heavy atom. The van der Waals surface area contributed by atoms with Crippen LogP contribution >= 0.6 is 11.3 Å². The minimum atomic E-state index is -0.227. The summed E-state index contributed by atoms with van der Waals surface area (Å²) in [5, 5.41) is 8.67. The minimum Gasteiger partial charge on any atom is -0.494 e. The molecule has 0 saturated carbocycles. The van der Waals surface area contributed by atoms with E-state index in [1.807, 2.05) is 30.5 Å². The summed E-state index contributed by atoms with van der Waals surface area (Å²) in [6, 6.07) is 12.9. The van der Waals surface area contributed by atoms with E-state index in [-0.39, 0.29) is 12.5 Å². The molecular formula is C18H18N2O4S. The van der Waals surface area contributed by atoms with Gasteiger partial charge in [0.2, 0.25) is 0 Å². The highest BCUT2D eigenvalue weighted by atomic mass is 32.1. The Labute approximate surface area is 149 Å². The molecule has 0 radical (unpaired) electrons. The normalized spacial score (nSPS) is 10.4. The molecule has 2 heterocycles. The van der Waals surface area contributed by atoms with Crippen molar-refractivity contribution in [3.05, 3.63) is 53.5 Å². The Morgan fingerprint density at radius 2 is 1.96 bits per heavy atom. The highest BCUT2D eigenvalue weighted by Crippen LogP contribution is 2.25. The molecule has 130 valence electrons. The van der Waals surface area contributed by atoms with Crippen LogP contribution in [0.4, 0.5) is 0 Å².